The molecular weight excluding hydrogens is 454 g/mol. The van der Waals surface area contributed by atoms with Crippen molar-refractivity contribution in [2.24, 2.45) is 0 Å². The van der Waals surface area contributed by atoms with E-state index < -0.39 is 0 Å². The van der Waals surface area contributed by atoms with Gasteiger partial charge in [-0.15, -0.1) is 11.3 Å². The highest BCUT2D eigenvalue weighted by Crippen LogP contribution is 2.39. The van der Waals surface area contributed by atoms with Crippen LogP contribution in [0.1, 0.15) is 33.3 Å². The second-order valence-electron chi connectivity index (χ2n) is 6.60. The number of benzene rings is 2. The van der Waals surface area contributed by atoms with E-state index in [1.165, 1.54) is 11.3 Å². The standard InChI is InChI=1S/C21H18BrN3O3S/c1-28-15-8-2-12(3-9-15)19(26)25-21-24-18-16(10-11-17(18)29-21)20(27)23-14-6-4-13(22)5-7-14/h2-9,16H,10-11H2,1H3,(H,23,27)(H,24,25,26). The van der Waals surface area contributed by atoms with E-state index in [2.05, 4.69) is 31.5 Å². The van der Waals surface area contributed by atoms with Crippen molar-refractivity contribution in [2.45, 2.75) is 18.8 Å². The minimum atomic E-state index is -0.309. The van der Waals surface area contributed by atoms with Crippen LogP contribution in [0, 0.1) is 0 Å². The minimum Gasteiger partial charge on any atom is -0.497 e. The molecule has 1 aliphatic rings. The van der Waals surface area contributed by atoms with Crippen LogP contribution in [-0.2, 0) is 11.2 Å². The number of halogens is 1. The maximum atomic E-state index is 12.7. The van der Waals surface area contributed by atoms with Crippen molar-refractivity contribution in [1.29, 1.82) is 0 Å². The molecule has 0 radical (unpaired) electrons. The Labute approximate surface area is 180 Å². The summed E-state index contributed by atoms with van der Waals surface area (Å²) in [6, 6.07) is 14.3. The van der Waals surface area contributed by atoms with Gasteiger partial charge in [0.1, 0.15) is 5.75 Å². The Morgan fingerprint density at radius 3 is 2.52 bits per heavy atom. The van der Waals surface area contributed by atoms with E-state index in [9.17, 15) is 9.59 Å². The number of carbonyl (C=O) groups excluding carboxylic acids is 2. The van der Waals surface area contributed by atoms with Crippen LogP contribution in [0.3, 0.4) is 0 Å². The molecule has 2 aromatic carbocycles. The van der Waals surface area contributed by atoms with Crippen molar-refractivity contribution < 1.29 is 14.3 Å². The molecule has 4 rings (SSSR count). The lowest BCUT2D eigenvalue weighted by molar-refractivity contribution is -0.117. The zero-order chi connectivity index (χ0) is 20.4. The van der Waals surface area contributed by atoms with Gasteiger partial charge in [0, 0.05) is 20.6 Å². The lowest BCUT2D eigenvalue weighted by Gasteiger charge is -2.11. The van der Waals surface area contributed by atoms with E-state index in [0.29, 0.717) is 16.4 Å². The van der Waals surface area contributed by atoms with Gasteiger partial charge in [0.2, 0.25) is 5.91 Å². The lowest BCUT2D eigenvalue weighted by atomic mass is 10.1. The van der Waals surface area contributed by atoms with Crippen molar-refractivity contribution in [3.8, 4) is 5.75 Å². The number of thiazole rings is 1. The van der Waals surface area contributed by atoms with Gasteiger partial charge in [0.25, 0.3) is 5.91 Å². The Morgan fingerprint density at radius 1 is 1.10 bits per heavy atom. The average molecular weight is 472 g/mol. The molecule has 1 aromatic heterocycles. The fraction of sp³-hybridized carbons (Fsp3) is 0.190. The molecule has 29 heavy (non-hydrogen) atoms. The zero-order valence-electron chi connectivity index (χ0n) is 15.6. The SMILES string of the molecule is COc1ccc(C(=O)Nc2nc3c(s2)CCC3C(=O)Nc2ccc(Br)cc2)cc1. The number of hydrogen-bond acceptors (Lipinski definition) is 5. The summed E-state index contributed by atoms with van der Waals surface area (Å²) >= 11 is 4.81. The summed E-state index contributed by atoms with van der Waals surface area (Å²) in [5.41, 5.74) is 2.02. The molecule has 1 atom stereocenters. The predicted octanol–water partition coefficient (Wildman–Crippen LogP) is 4.84. The maximum Gasteiger partial charge on any atom is 0.257 e. The number of ether oxygens (including phenoxy) is 1. The fourth-order valence-corrected chi connectivity index (χ4v) is 4.51. The zero-order valence-corrected chi connectivity index (χ0v) is 18.0. The molecule has 0 fully saturated rings. The van der Waals surface area contributed by atoms with Crippen LogP contribution < -0.4 is 15.4 Å². The van der Waals surface area contributed by atoms with Gasteiger partial charge >= 0.3 is 0 Å². The van der Waals surface area contributed by atoms with Crippen molar-refractivity contribution in [3.63, 3.8) is 0 Å². The van der Waals surface area contributed by atoms with Crippen LogP contribution in [-0.4, -0.2) is 23.9 Å². The third-order valence-corrected chi connectivity index (χ3v) is 6.29. The van der Waals surface area contributed by atoms with Crippen molar-refractivity contribution in [1.82, 2.24) is 4.98 Å². The first-order chi connectivity index (χ1) is 14.0. The third kappa shape index (κ3) is 4.33. The van der Waals surface area contributed by atoms with E-state index in [-0.39, 0.29) is 17.7 Å². The number of aromatic nitrogens is 1. The Balaban J connectivity index is 1.44. The highest BCUT2D eigenvalue weighted by Gasteiger charge is 2.33. The molecule has 1 unspecified atom stereocenters. The van der Waals surface area contributed by atoms with Gasteiger partial charge in [0.15, 0.2) is 5.13 Å². The molecule has 1 aliphatic carbocycles. The number of fused-ring (bicyclic) bond motifs is 1. The highest BCUT2D eigenvalue weighted by atomic mass is 79.9. The largest absolute Gasteiger partial charge is 0.497 e. The monoisotopic (exact) mass is 471 g/mol. The first kappa shape index (κ1) is 19.6. The summed E-state index contributed by atoms with van der Waals surface area (Å²) in [7, 11) is 1.58. The van der Waals surface area contributed by atoms with Crippen LogP contribution in [0.2, 0.25) is 0 Å². The van der Waals surface area contributed by atoms with Gasteiger partial charge in [-0.2, -0.15) is 0 Å². The van der Waals surface area contributed by atoms with Crippen molar-refractivity contribution in [2.75, 3.05) is 17.7 Å². The molecular formula is C21H18BrN3O3S. The predicted molar refractivity (Wildman–Crippen MR) is 117 cm³/mol. The molecule has 2 amide bonds. The number of hydrogen-bond donors (Lipinski definition) is 2. The second-order valence-corrected chi connectivity index (χ2v) is 8.60. The molecule has 0 bridgehead atoms. The van der Waals surface area contributed by atoms with Gasteiger partial charge in [-0.25, -0.2) is 4.98 Å². The normalized spacial score (nSPS) is 14.9. The number of nitrogens with one attached hydrogen (secondary N) is 2. The van der Waals surface area contributed by atoms with E-state index >= 15 is 0 Å². The molecule has 8 heteroatoms. The Morgan fingerprint density at radius 2 is 1.83 bits per heavy atom. The van der Waals surface area contributed by atoms with Crippen molar-refractivity contribution >= 4 is 49.9 Å². The Kier molecular flexibility index (Phi) is 5.64. The van der Waals surface area contributed by atoms with Crippen molar-refractivity contribution in [3.05, 3.63) is 69.1 Å². The molecule has 3 aromatic rings. The molecule has 0 aliphatic heterocycles. The molecule has 0 saturated heterocycles. The summed E-state index contributed by atoms with van der Waals surface area (Å²) < 4.78 is 6.06. The van der Waals surface area contributed by atoms with E-state index in [1.807, 2.05) is 24.3 Å². The number of carbonyl (C=O) groups is 2. The lowest BCUT2D eigenvalue weighted by Crippen LogP contribution is -2.20. The first-order valence-electron chi connectivity index (χ1n) is 9.05. The summed E-state index contributed by atoms with van der Waals surface area (Å²) in [5, 5.41) is 6.29. The average Bonchev–Trinajstić information content (AvgIpc) is 3.29. The molecule has 2 N–H and O–H groups in total. The fourth-order valence-electron chi connectivity index (χ4n) is 3.21. The van der Waals surface area contributed by atoms with Gasteiger partial charge in [0.05, 0.1) is 18.7 Å². The number of rotatable bonds is 5. The van der Waals surface area contributed by atoms with E-state index in [1.54, 1.807) is 31.4 Å². The van der Waals surface area contributed by atoms with Crippen LogP contribution in [0.25, 0.3) is 0 Å². The summed E-state index contributed by atoms with van der Waals surface area (Å²) in [6.45, 7) is 0. The third-order valence-electron chi connectivity index (χ3n) is 4.72. The maximum absolute atomic E-state index is 12.7. The van der Waals surface area contributed by atoms with Gasteiger partial charge < -0.3 is 10.1 Å². The molecule has 0 saturated carbocycles. The number of amides is 2. The molecule has 6 nitrogen and oxygen atoms in total. The second kappa shape index (κ2) is 8.34. The summed E-state index contributed by atoms with van der Waals surface area (Å²) in [4.78, 5) is 30.8. The topological polar surface area (TPSA) is 80.3 Å². The van der Waals surface area contributed by atoms with Crippen LogP contribution in [0.4, 0.5) is 10.8 Å². The van der Waals surface area contributed by atoms with E-state index in [0.717, 1.165) is 33.6 Å². The van der Waals surface area contributed by atoms with Gasteiger partial charge in [-0.05, 0) is 61.4 Å². The summed E-state index contributed by atoms with van der Waals surface area (Å²) in [6.07, 6.45) is 1.51. The highest BCUT2D eigenvalue weighted by molar-refractivity contribution is 9.10. The molecule has 148 valence electrons. The smallest absolute Gasteiger partial charge is 0.257 e. The van der Waals surface area contributed by atoms with Gasteiger partial charge in [-0.1, -0.05) is 15.9 Å². The van der Waals surface area contributed by atoms with E-state index in [4.69, 9.17) is 4.74 Å². The number of anilines is 2. The number of aryl methyl sites for hydroxylation is 1. The minimum absolute atomic E-state index is 0.0793. The van der Waals surface area contributed by atoms with Gasteiger partial charge in [-0.3, -0.25) is 14.9 Å². The summed E-state index contributed by atoms with van der Waals surface area (Å²) in [5.74, 6) is 0.0614. The van der Waals surface area contributed by atoms with Crippen LogP contribution in [0.15, 0.2) is 53.0 Å². The number of methoxy groups -OCH3 is 1. The number of nitrogens with zero attached hydrogens (tertiary/aromatic N) is 1. The van der Waals surface area contributed by atoms with Crippen LogP contribution >= 0.6 is 27.3 Å². The molecule has 0 spiro atoms. The Hall–Kier alpha value is -2.71. The quantitative estimate of drug-likeness (QED) is 0.557. The first-order valence-corrected chi connectivity index (χ1v) is 10.7. The Bertz CT molecular complexity index is 1050. The van der Waals surface area contributed by atoms with Crippen LogP contribution in [0.5, 0.6) is 5.75 Å². The molecule has 1 heterocycles.